The van der Waals surface area contributed by atoms with Crippen molar-refractivity contribution in [1.82, 2.24) is 19.5 Å². The molecule has 10 heteroatoms. The van der Waals surface area contributed by atoms with Gasteiger partial charge in [0.25, 0.3) is 0 Å². The van der Waals surface area contributed by atoms with Gasteiger partial charge < -0.3 is 5.73 Å². The van der Waals surface area contributed by atoms with Gasteiger partial charge in [-0.15, -0.1) is 0 Å². The molecule has 3 N–H and O–H groups in total. The zero-order valence-electron chi connectivity index (χ0n) is 10.3. The van der Waals surface area contributed by atoms with Crippen LogP contribution in [0.2, 0.25) is 10.0 Å². The summed E-state index contributed by atoms with van der Waals surface area (Å²) in [6.07, 6.45) is 1.47. The van der Waals surface area contributed by atoms with Crippen molar-refractivity contribution in [3.63, 3.8) is 0 Å². The summed E-state index contributed by atoms with van der Waals surface area (Å²) in [5, 5.41) is 4.18. The Morgan fingerprint density at radius 3 is 2.65 bits per heavy atom. The predicted molar refractivity (Wildman–Crippen MR) is 75.9 cm³/mol. The number of hydrogen-bond donors (Lipinski definition) is 2. The maximum atomic E-state index is 12.2. The Bertz CT molecular complexity index is 721. The number of sulfonamides is 1. The topological polar surface area (TPSA) is 103 Å². The van der Waals surface area contributed by atoms with E-state index < -0.39 is 10.0 Å². The zero-order chi connectivity index (χ0) is 14.9. The molecule has 1 aromatic heterocycles. The minimum absolute atomic E-state index is 0.0241. The van der Waals surface area contributed by atoms with Crippen molar-refractivity contribution in [2.45, 2.75) is 11.4 Å². The standard InChI is InChI=1S/C10H11Cl2N5O2S/c1-17-5-14-9(16-17)4-15-20(18,19)10-7(12)2-6(11)3-8(10)13/h2-3,5,15H,4,13H2,1H3. The van der Waals surface area contributed by atoms with E-state index in [2.05, 4.69) is 14.8 Å². The van der Waals surface area contributed by atoms with E-state index in [0.29, 0.717) is 5.82 Å². The van der Waals surface area contributed by atoms with E-state index in [4.69, 9.17) is 28.9 Å². The highest BCUT2D eigenvalue weighted by atomic mass is 35.5. The average molecular weight is 336 g/mol. The zero-order valence-corrected chi connectivity index (χ0v) is 12.7. The van der Waals surface area contributed by atoms with Crippen LogP contribution in [0.15, 0.2) is 23.4 Å². The van der Waals surface area contributed by atoms with Gasteiger partial charge in [-0.1, -0.05) is 23.2 Å². The quantitative estimate of drug-likeness (QED) is 0.816. The number of benzene rings is 1. The number of hydrogen-bond acceptors (Lipinski definition) is 5. The molecule has 1 aromatic carbocycles. The van der Waals surface area contributed by atoms with E-state index in [1.54, 1.807) is 7.05 Å². The van der Waals surface area contributed by atoms with Crippen LogP contribution in [-0.4, -0.2) is 23.2 Å². The lowest BCUT2D eigenvalue weighted by Crippen LogP contribution is -2.25. The maximum absolute atomic E-state index is 12.2. The first kappa shape index (κ1) is 15.0. The van der Waals surface area contributed by atoms with Gasteiger partial charge in [0.2, 0.25) is 10.0 Å². The molecule has 0 unspecified atom stereocenters. The molecule has 0 bridgehead atoms. The first-order chi connectivity index (χ1) is 9.29. The first-order valence-electron chi connectivity index (χ1n) is 5.38. The molecule has 0 radical (unpaired) electrons. The Morgan fingerprint density at radius 2 is 2.10 bits per heavy atom. The second-order valence-electron chi connectivity index (χ2n) is 3.96. The third kappa shape index (κ3) is 3.21. The maximum Gasteiger partial charge on any atom is 0.244 e. The predicted octanol–water partition coefficient (Wildman–Crippen LogP) is 1.18. The molecule has 0 atom stereocenters. The number of nitrogens with one attached hydrogen (secondary N) is 1. The summed E-state index contributed by atoms with van der Waals surface area (Å²) in [6, 6.07) is 2.63. The molecule has 0 amide bonds. The highest BCUT2D eigenvalue weighted by Gasteiger charge is 2.22. The van der Waals surface area contributed by atoms with Crippen molar-refractivity contribution < 1.29 is 8.42 Å². The van der Waals surface area contributed by atoms with Gasteiger partial charge in [0.1, 0.15) is 11.2 Å². The first-order valence-corrected chi connectivity index (χ1v) is 7.62. The molecule has 0 fully saturated rings. The molecule has 7 nitrogen and oxygen atoms in total. The van der Waals surface area contributed by atoms with Crippen LogP contribution in [0.25, 0.3) is 0 Å². The number of anilines is 1. The summed E-state index contributed by atoms with van der Waals surface area (Å²) in [5.41, 5.74) is 5.63. The van der Waals surface area contributed by atoms with Crippen LogP contribution in [0.1, 0.15) is 5.82 Å². The van der Waals surface area contributed by atoms with Gasteiger partial charge in [-0.05, 0) is 12.1 Å². The Hall–Kier alpha value is -1.35. The molecule has 0 saturated heterocycles. The van der Waals surface area contributed by atoms with E-state index in [0.717, 1.165) is 0 Å². The van der Waals surface area contributed by atoms with Crippen molar-refractivity contribution in [2.75, 3.05) is 5.73 Å². The number of aromatic nitrogens is 3. The fraction of sp³-hybridized carbons (Fsp3) is 0.200. The highest BCUT2D eigenvalue weighted by molar-refractivity contribution is 7.89. The second-order valence-corrected chi connectivity index (χ2v) is 6.51. The summed E-state index contributed by atoms with van der Waals surface area (Å²) in [7, 11) is -2.20. The van der Waals surface area contributed by atoms with Crippen molar-refractivity contribution in [3.05, 3.63) is 34.3 Å². The molecule has 0 saturated carbocycles. The highest BCUT2D eigenvalue weighted by Crippen LogP contribution is 2.30. The lowest BCUT2D eigenvalue weighted by molar-refractivity contribution is 0.579. The molecule has 0 aliphatic rings. The van der Waals surface area contributed by atoms with Crippen molar-refractivity contribution >= 4 is 38.9 Å². The number of aryl methyl sites for hydroxylation is 1. The Morgan fingerprint density at radius 1 is 1.40 bits per heavy atom. The van der Waals surface area contributed by atoms with Gasteiger partial charge in [0.05, 0.1) is 17.3 Å². The molecule has 20 heavy (non-hydrogen) atoms. The number of halogens is 2. The van der Waals surface area contributed by atoms with Crippen LogP contribution in [0.4, 0.5) is 5.69 Å². The normalized spacial score (nSPS) is 11.8. The molecule has 1 heterocycles. The molecule has 2 aromatic rings. The van der Waals surface area contributed by atoms with Crippen LogP contribution in [0, 0.1) is 0 Å². The molecular formula is C10H11Cl2N5O2S. The second kappa shape index (κ2) is 5.57. The van der Waals surface area contributed by atoms with Crippen molar-refractivity contribution in [1.29, 1.82) is 0 Å². The molecule has 2 rings (SSSR count). The monoisotopic (exact) mass is 335 g/mol. The summed E-state index contributed by atoms with van der Waals surface area (Å²) in [4.78, 5) is 3.70. The van der Waals surface area contributed by atoms with E-state index in [-0.39, 0.29) is 27.2 Å². The third-order valence-corrected chi connectivity index (χ3v) is 4.52. The summed E-state index contributed by atoms with van der Waals surface area (Å²) < 4.78 is 28.2. The van der Waals surface area contributed by atoms with Gasteiger partial charge in [0, 0.05) is 12.1 Å². The van der Waals surface area contributed by atoms with Crippen LogP contribution in [-0.2, 0) is 23.6 Å². The molecular weight excluding hydrogens is 325 g/mol. The van der Waals surface area contributed by atoms with Crippen molar-refractivity contribution in [3.8, 4) is 0 Å². The number of nitrogens with zero attached hydrogens (tertiary/aromatic N) is 3. The minimum Gasteiger partial charge on any atom is -0.398 e. The summed E-state index contributed by atoms with van der Waals surface area (Å²) in [5.74, 6) is 0.333. The average Bonchev–Trinajstić information content (AvgIpc) is 2.71. The SMILES string of the molecule is Cn1cnc(CNS(=O)(=O)c2c(N)cc(Cl)cc2Cl)n1. The minimum atomic E-state index is -3.88. The third-order valence-electron chi connectivity index (χ3n) is 2.37. The number of nitrogens with two attached hydrogens (primary N) is 1. The van der Waals surface area contributed by atoms with Crippen LogP contribution in [0.3, 0.4) is 0 Å². The van der Waals surface area contributed by atoms with E-state index >= 15 is 0 Å². The van der Waals surface area contributed by atoms with Crippen LogP contribution in [0.5, 0.6) is 0 Å². The fourth-order valence-electron chi connectivity index (χ4n) is 1.56. The van der Waals surface area contributed by atoms with Crippen LogP contribution >= 0.6 is 23.2 Å². The Labute approximate surface area is 125 Å². The van der Waals surface area contributed by atoms with E-state index in [9.17, 15) is 8.42 Å². The molecule has 0 aliphatic heterocycles. The van der Waals surface area contributed by atoms with E-state index in [1.165, 1.54) is 23.1 Å². The van der Waals surface area contributed by atoms with Gasteiger partial charge in [-0.3, -0.25) is 4.68 Å². The Balaban J connectivity index is 2.27. The molecule has 0 aliphatic carbocycles. The molecule has 108 valence electrons. The van der Waals surface area contributed by atoms with Gasteiger partial charge in [0.15, 0.2) is 5.82 Å². The number of rotatable bonds is 4. The Kier molecular flexibility index (Phi) is 4.19. The summed E-state index contributed by atoms with van der Waals surface area (Å²) in [6.45, 7) is -0.0679. The smallest absolute Gasteiger partial charge is 0.244 e. The number of nitrogen functional groups attached to an aromatic ring is 1. The van der Waals surface area contributed by atoms with Gasteiger partial charge >= 0.3 is 0 Å². The fourth-order valence-corrected chi connectivity index (χ4v) is 3.52. The lowest BCUT2D eigenvalue weighted by Gasteiger charge is -2.10. The van der Waals surface area contributed by atoms with Crippen molar-refractivity contribution in [2.24, 2.45) is 7.05 Å². The van der Waals surface area contributed by atoms with Gasteiger partial charge in [-0.25, -0.2) is 18.1 Å². The van der Waals surface area contributed by atoms with Gasteiger partial charge in [-0.2, -0.15) is 5.10 Å². The van der Waals surface area contributed by atoms with E-state index in [1.807, 2.05) is 0 Å². The summed E-state index contributed by atoms with van der Waals surface area (Å²) >= 11 is 11.6. The molecule has 0 spiro atoms. The largest absolute Gasteiger partial charge is 0.398 e. The van der Waals surface area contributed by atoms with Crippen LogP contribution < -0.4 is 10.5 Å². The lowest BCUT2D eigenvalue weighted by atomic mass is 10.3.